The van der Waals surface area contributed by atoms with E-state index in [0.717, 1.165) is 39.8 Å². The van der Waals surface area contributed by atoms with Gasteiger partial charge in [0.2, 0.25) is 0 Å². The molecule has 202 valence electrons. The zero-order chi connectivity index (χ0) is 28.6. The fourth-order valence-electron chi connectivity index (χ4n) is 5.80. The van der Waals surface area contributed by atoms with Crippen molar-refractivity contribution in [1.82, 2.24) is 24.9 Å². The van der Waals surface area contributed by atoms with Gasteiger partial charge in [-0.15, -0.1) is 0 Å². The highest BCUT2D eigenvalue weighted by Gasteiger charge is 2.19. The van der Waals surface area contributed by atoms with Gasteiger partial charge in [0, 0.05) is 41.5 Å². The molecule has 5 heteroatoms. The van der Waals surface area contributed by atoms with Crippen molar-refractivity contribution >= 4 is 0 Å². The summed E-state index contributed by atoms with van der Waals surface area (Å²) in [4.78, 5) is 23.3. The van der Waals surface area contributed by atoms with E-state index in [1.54, 1.807) is 24.8 Å². The van der Waals surface area contributed by atoms with Crippen molar-refractivity contribution in [2.24, 2.45) is 0 Å². The van der Waals surface area contributed by atoms with E-state index in [9.17, 15) is 0 Å². The maximum absolute atomic E-state index is 4.98. The molecule has 3 heterocycles. The fourth-order valence-corrected chi connectivity index (χ4v) is 5.80. The maximum atomic E-state index is 4.98. The summed E-state index contributed by atoms with van der Waals surface area (Å²) in [6, 6.07) is 40.3. The zero-order valence-electron chi connectivity index (χ0n) is 23.2. The minimum absolute atomic E-state index is 0.576. The van der Waals surface area contributed by atoms with Crippen molar-refractivity contribution in [3.8, 4) is 67.5 Å². The average molecular weight is 552 g/mol. The Morgan fingerprint density at radius 1 is 0.372 bits per heavy atom. The largest absolute Gasteiger partial charge is 0.265 e. The highest BCUT2D eigenvalue weighted by atomic mass is 15.0. The van der Waals surface area contributed by atoms with Gasteiger partial charge in [-0.1, -0.05) is 72.8 Å². The number of aromatic nitrogens is 5. The summed E-state index contributed by atoms with van der Waals surface area (Å²) in [6.45, 7) is 0. The highest BCUT2D eigenvalue weighted by Crippen LogP contribution is 2.40. The van der Waals surface area contributed by atoms with Crippen LogP contribution in [-0.2, 0) is 6.42 Å². The molecular formula is C38H25N5. The third-order valence-corrected chi connectivity index (χ3v) is 7.92. The van der Waals surface area contributed by atoms with Crippen LogP contribution in [-0.4, -0.2) is 24.9 Å². The van der Waals surface area contributed by atoms with E-state index < -0.39 is 0 Å². The lowest BCUT2D eigenvalue weighted by Gasteiger charge is -2.13. The standard InChI is InChI=1S/C38H25N5/c1-2-7-25(8-3-1)30-21-31(27-12-13-35-32(19-27)20-28-9-4-5-11-34(28)35)23-33(22-30)38-42-36(26-14-17-39-18-15-26)41-37(43-38)29-10-6-16-40-24-29/h1-19,21-24H,20H2. The van der Waals surface area contributed by atoms with E-state index in [2.05, 4.69) is 94.9 Å². The van der Waals surface area contributed by atoms with Crippen LogP contribution in [0.3, 0.4) is 0 Å². The normalized spacial score (nSPS) is 11.6. The molecule has 4 aromatic carbocycles. The summed E-state index contributed by atoms with van der Waals surface area (Å²) in [5, 5.41) is 0. The molecule has 0 bridgehead atoms. The van der Waals surface area contributed by atoms with Gasteiger partial charge in [0.15, 0.2) is 17.5 Å². The average Bonchev–Trinajstić information content (AvgIpc) is 3.47. The molecule has 7 aromatic rings. The SMILES string of the molecule is c1ccc(-c2cc(-c3ccc4c(c3)Cc3ccccc3-4)cc(-c3nc(-c4ccncc4)nc(-c4cccnc4)n3)c2)cc1. The van der Waals surface area contributed by atoms with Crippen molar-refractivity contribution in [1.29, 1.82) is 0 Å². The number of rotatable bonds is 5. The van der Waals surface area contributed by atoms with E-state index >= 15 is 0 Å². The number of hydrogen-bond acceptors (Lipinski definition) is 5. The molecule has 0 spiro atoms. The first-order chi connectivity index (χ1) is 21.3. The van der Waals surface area contributed by atoms with Crippen molar-refractivity contribution in [2.75, 3.05) is 0 Å². The van der Waals surface area contributed by atoms with Gasteiger partial charge in [0.05, 0.1) is 0 Å². The molecule has 5 nitrogen and oxygen atoms in total. The first-order valence-corrected chi connectivity index (χ1v) is 14.3. The molecule has 8 rings (SSSR count). The Morgan fingerprint density at radius 3 is 1.81 bits per heavy atom. The first kappa shape index (κ1) is 24.9. The van der Waals surface area contributed by atoms with E-state index in [1.807, 2.05) is 30.3 Å². The summed E-state index contributed by atoms with van der Waals surface area (Å²) < 4.78 is 0. The molecule has 0 atom stereocenters. The van der Waals surface area contributed by atoms with Gasteiger partial charge in [-0.3, -0.25) is 9.97 Å². The number of nitrogens with zero attached hydrogens (tertiary/aromatic N) is 5. The van der Waals surface area contributed by atoms with Gasteiger partial charge < -0.3 is 0 Å². The Morgan fingerprint density at radius 2 is 1.02 bits per heavy atom. The van der Waals surface area contributed by atoms with Gasteiger partial charge in [-0.2, -0.15) is 0 Å². The molecule has 0 N–H and O–H groups in total. The third-order valence-electron chi connectivity index (χ3n) is 7.92. The lowest BCUT2D eigenvalue weighted by Crippen LogP contribution is -2.01. The van der Waals surface area contributed by atoms with Crippen molar-refractivity contribution < 1.29 is 0 Å². The van der Waals surface area contributed by atoms with Crippen LogP contribution in [0.5, 0.6) is 0 Å². The molecule has 0 unspecified atom stereocenters. The summed E-state index contributed by atoms with van der Waals surface area (Å²) in [5.41, 5.74) is 12.5. The van der Waals surface area contributed by atoms with Gasteiger partial charge >= 0.3 is 0 Å². The van der Waals surface area contributed by atoms with Crippen LogP contribution < -0.4 is 0 Å². The van der Waals surface area contributed by atoms with E-state index in [0.29, 0.717) is 17.5 Å². The number of fused-ring (bicyclic) bond motifs is 3. The summed E-state index contributed by atoms with van der Waals surface area (Å²) in [6.07, 6.45) is 7.98. The van der Waals surface area contributed by atoms with Gasteiger partial charge in [-0.05, 0) is 93.4 Å². The minimum atomic E-state index is 0.576. The van der Waals surface area contributed by atoms with Crippen LogP contribution in [0.15, 0.2) is 140 Å². The molecule has 0 aliphatic heterocycles. The number of benzene rings is 4. The van der Waals surface area contributed by atoms with Crippen LogP contribution in [0.2, 0.25) is 0 Å². The molecule has 43 heavy (non-hydrogen) atoms. The second-order valence-electron chi connectivity index (χ2n) is 10.7. The van der Waals surface area contributed by atoms with Gasteiger partial charge in [0.25, 0.3) is 0 Å². The van der Waals surface area contributed by atoms with Crippen LogP contribution in [0.4, 0.5) is 0 Å². The topological polar surface area (TPSA) is 64.5 Å². The quantitative estimate of drug-likeness (QED) is 0.214. The van der Waals surface area contributed by atoms with Crippen LogP contribution in [0.25, 0.3) is 67.5 Å². The second-order valence-corrected chi connectivity index (χ2v) is 10.7. The predicted molar refractivity (Wildman–Crippen MR) is 171 cm³/mol. The van der Waals surface area contributed by atoms with E-state index in [1.165, 1.54) is 27.8 Å². The monoisotopic (exact) mass is 551 g/mol. The second kappa shape index (κ2) is 10.5. The minimum Gasteiger partial charge on any atom is -0.265 e. The van der Waals surface area contributed by atoms with Crippen LogP contribution >= 0.6 is 0 Å². The Bertz CT molecular complexity index is 2030. The smallest absolute Gasteiger partial charge is 0.165 e. The zero-order valence-corrected chi connectivity index (χ0v) is 23.2. The lowest BCUT2D eigenvalue weighted by atomic mass is 9.94. The molecule has 0 radical (unpaired) electrons. The molecule has 0 saturated carbocycles. The lowest BCUT2D eigenvalue weighted by molar-refractivity contribution is 1.07. The fraction of sp³-hybridized carbons (Fsp3) is 0.0263. The molecule has 0 saturated heterocycles. The van der Waals surface area contributed by atoms with Crippen LogP contribution in [0, 0.1) is 0 Å². The molecule has 1 aliphatic rings. The summed E-state index contributed by atoms with van der Waals surface area (Å²) in [7, 11) is 0. The Labute approximate surface area is 249 Å². The Balaban J connectivity index is 1.31. The predicted octanol–water partition coefficient (Wildman–Crippen LogP) is 8.57. The molecule has 0 amide bonds. The van der Waals surface area contributed by atoms with Crippen molar-refractivity contribution in [2.45, 2.75) is 6.42 Å². The van der Waals surface area contributed by atoms with E-state index in [-0.39, 0.29) is 0 Å². The summed E-state index contributed by atoms with van der Waals surface area (Å²) >= 11 is 0. The molecular weight excluding hydrogens is 526 g/mol. The highest BCUT2D eigenvalue weighted by molar-refractivity contribution is 5.84. The van der Waals surface area contributed by atoms with Crippen molar-refractivity contribution in [3.63, 3.8) is 0 Å². The first-order valence-electron chi connectivity index (χ1n) is 14.3. The van der Waals surface area contributed by atoms with E-state index in [4.69, 9.17) is 15.0 Å². The Kier molecular flexibility index (Phi) is 6.12. The summed E-state index contributed by atoms with van der Waals surface area (Å²) in [5.74, 6) is 1.77. The molecule has 0 fully saturated rings. The Hall–Kier alpha value is -5.81. The van der Waals surface area contributed by atoms with Crippen molar-refractivity contribution in [3.05, 3.63) is 151 Å². The van der Waals surface area contributed by atoms with Gasteiger partial charge in [0.1, 0.15) is 0 Å². The molecule has 1 aliphatic carbocycles. The molecule has 3 aromatic heterocycles. The number of pyridine rings is 2. The van der Waals surface area contributed by atoms with Crippen LogP contribution in [0.1, 0.15) is 11.1 Å². The number of hydrogen-bond donors (Lipinski definition) is 0. The maximum Gasteiger partial charge on any atom is 0.165 e. The third kappa shape index (κ3) is 4.77. The van der Waals surface area contributed by atoms with Gasteiger partial charge in [-0.25, -0.2) is 15.0 Å².